The Hall–Kier alpha value is -2.24. The van der Waals surface area contributed by atoms with Crippen LogP contribution < -0.4 is 0 Å². The Bertz CT molecular complexity index is 981. The summed E-state index contributed by atoms with van der Waals surface area (Å²) in [4.78, 5) is 9.34. The van der Waals surface area contributed by atoms with Crippen LogP contribution in [0.3, 0.4) is 0 Å². The zero-order chi connectivity index (χ0) is 19.5. The summed E-state index contributed by atoms with van der Waals surface area (Å²) in [5, 5.41) is 9.13. The molecule has 0 unspecified atom stereocenters. The molecule has 1 aliphatic heterocycles. The van der Waals surface area contributed by atoms with E-state index in [4.69, 9.17) is 15.1 Å². The second kappa shape index (κ2) is 8.41. The van der Waals surface area contributed by atoms with Gasteiger partial charge in [-0.3, -0.25) is 5.41 Å². The third-order valence-electron chi connectivity index (χ3n) is 5.50. The molecule has 2 aromatic heterocycles. The highest BCUT2D eigenvalue weighted by molar-refractivity contribution is 7.17. The number of benzene rings is 1. The van der Waals surface area contributed by atoms with Crippen LogP contribution in [0.25, 0.3) is 21.5 Å². The Balaban J connectivity index is 1.49. The molecule has 3 aromatic rings. The van der Waals surface area contributed by atoms with E-state index in [0.29, 0.717) is 6.61 Å². The number of hydrogen-bond acceptors (Lipinski definition) is 5. The molecule has 1 atom stereocenters. The van der Waals surface area contributed by atoms with Gasteiger partial charge < -0.3 is 9.64 Å². The van der Waals surface area contributed by atoms with Gasteiger partial charge in [-0.1, -0.05) is 12.1 Å². The number of hydrogen-bond donors (Lipinski definition) is 1. The van der Waals surface area contributed by atoms with Crippen molar-refractivity contribution in [3.8, 4) is 10.6 Å². The molecule has 0 aliphatic carbocycles. The van der Waals surface area contributed by atoms with E-state index in [1.165, 1.54) is 30.3 Å². The van der Waals surface area contributed by atoms with E-state index >= 15 is 0 Å². The van der Waals surface area contributed by atoms with Crippen molar-refractivity contribution in [1.82, 2.24) is 9.88 Å². The number of pyridine rings is 1. The monoisotopic (exact) mass is 393 g/mol. The van der Waals surface area contributed by atoms with Crippen molar-refractivity contribution in [3.05, 3.63) is 52.9 Å². The Morgan fingerprint density at radius 1 is 1.25 bits per heavy atom. The number of nitrogens with zero attached hydrogens (tertiary/aromatic N) is 2. The summed E-state index contributed by atoms with van der Waals surface area (Å²) in [6.45, 7) is 7.13. The summed E-state index contributed by atoms with van der Waals surface area (Å²) in [6.07, 6.45) is 3.76. The van der Waals surface area contributed by atoms with Gasteiger partial charge in [0, 0.05) is 18.0 Å². The third kappa shape index (κ3) is 4.10. The zero-order valence-corrected chi connectivity index (χ0v) is 17.4. The lowest BCUT2D eigenvalue weighted by Crippen LogP contribution is -2.28. The van der Waals surface area contributed by atoms with Gasteiger partial charge in [-0.05, 0) is 75.5 Å². The van der Waals surface area contributed by atoms with E-state index in [1.807, 2.05) is 19.1 Å². The first-order chi connectivity index (χ1) is 13.6. The van der Waals surface area contributed by atoms with Gasteiger partial charge in [-0.2, -0.15) is 0 Å². The normalized spacial score (nSPS) is 17.3. The van der Waals surface area contributed by atoms with Crippen molar-refractivity contribution in [3.63, 3.8) is 0 Å². The largest absolute Gasteiger partial charge is 0.477 e. The average Bonchev–Trinajstić information content (AvgIpc) is 3.35. The van der Waals surface area contributed by atoms with Crippen molar-refractivity contribution in [2.75, 3.05) is 19.7 Å². The molecule has 0 radical (unpaired) electrons. The van der Waals surface area contributed by atoms with Gasteiger partial charge in [0.1, 0.15) is 0 Å². The number of fused-ring (bicyclic) bond motifs is 1. The number of aromatic nitrogens is 1. The zero-order valence-electron chi connectivity index (χ0n) is 16.6. The molecule has 146 valence electrons. The first kappa shape index (κ1) is 19.1. The van der Waals surface area contributed by atoms with Crippen LogP contribution in [0.1, 0.15) is 37.1 Å². The van der Waals surface area contributed by atoms with E-state index in [2.05, 4.69) is 42.2 Å². The second-order valence-corrected chi connectivity index (χ2v) is 8.51. The highest BCUT2D eigenvalue weighted by atomic mass is 32.1. The lowest BCUT2D eigenvalue weighted by Gasteiger charge is -2.20. The number of likely N-dealkylation sites (tertiary alicyclic amines) is 1. The molecule has 5 heteroatoms. The smallest absolute Gasteiger partial charge is 0.223 e. The molecule has 1 N–H and O–H groups in total. The van der Waals surface area contributed by atoms with Gasteiger partial charge in [-0.25, -0.2) is 4.98 Å². The van der Waals surface area contributed by atoms with E-state index in [0.717, 1.165) is 40.0 Å². The Morgan fingerprint density at radius 2 is 2.14 bits per heavy atom. The maximum Gasteiger partial charge on any atom is 0.223 e. The molecule has 0 bridgehead atoms. The van der Waals surface area contributed by atoms with E-state index < -0.39 is 0 Å². The minimum Gasteiger partial charge on any atom is -0.477 e. The van der Waals surface area contributed by atoms with Gasteiger partial charge in [0.2, 0.25) is 5.90 Å². The van der Waals surface area contributed by atoms with Crippen molar-refractivity contribution < 1.29 is 4.74 Å². The van der Waals surface area contributed by atoms with E-state index in [9.17, 15) is 0 Å². The SMILES string of the molecule is CCOC(=N)c1ccc(-c2ccc3cc(CCN4CCC[C@@H]4C)ccc3n2)s1. The number of nitrogens with one attached hydrogen (secondary N) is 1. The maximum absolute atomic E-state index is 7.94. The second-order valence-electron chi connectivity index (χ2n) is 7.43. The third-order valence-corrected chi connectivity index (χ3v) is 6.61. The Kier molecular flexibility index (Phi) is 5.74. The fourth-order valence-electron chi connectivity index (χ4n) is 3.88. The highest BCUT2D eigenvalue weighted by Crippen LogP contribution is 2.29. The molecule has 1 aromatic carbocycles. The Morgan fingerprint density at radius 3 is 2.93 bits per heavy atom. The summed E-state index contributed by atoms with van der Waals surface area (Å²) in [7, 11) is 0. The summed E-state index contributed by atoms with van der Waals surface area (Å²) in [5.74, 6) is 0.233. The van der Waals surface area contributed by atoms with Gasteiger partial charge in [0.15, 0.2) is 0 Å². The standard InChI is InChI=1S/C23H27N3OS/c1-3-27-23(24)22-11-10-21(28-22)20-9-7-18-15-17(6-8-19(18)25-20)12-14-26-13-4-5-16(26)2/h6-11,15-16,24H,3-5,12-14H2,1-2H3/t16-/m0/s1. The molecular weight excluding hydrogens is 366 g/mol. The van der Waals surface area contributed by atoms with E-state index in [1.54, 1.807) is 11.3 Å². The Labute approximate surface area is 170 Å². The first-order valence-electron chi connectivity index (χ1n) is 10.1. The number of rotatable bonds is 6. The molecule has 1 aliphatic rings. The minimum atomic E-state index is 0.233. The van der Waals surface area contributed by atoms with Crippen molar-refractivity contribution in [2.45, 2.75) is 39.2 Å². The summed E-state index contributed by atoms with van der Waals surface area (Å²) < 4.78 is 5.30. The molecule has 0 amide bonds. The molecule has 28 heavy (non-hydrogen) atoms. The molecule has 3 heterocycles. The van der Waals surface area contributed by atoms with Crippen molar-refractivity contribution in [2.24, 2.45) is 0 Å². The van der Waals surface area contributed by atoms with Crippen LogP contribution in [-0.4, -0.2) is 41.5 Å². The van der Waals surface area contributed by atoms with Crippen molar-refractivity contribution in [1.29, 1.82) is 5.41 Å². The number of ether oxygens (including phenoxy) is 1. The van der Waals surface area contributed by atoms with Gasteiger partial charge in [-0.15, -0.1) is 11.3 Å². The van der Waals surface area contributed by atoms with Crippen LogP contribution in [0.4, 0.5) is 0 Å². The molecule has 4 rings (SSSR count). The van der Waals surface area contributed by atoms with Crippen LogP contribution >= 0.6 is 11.3 Å². The molecular formula is C23H27N3OS. The highest BCUT2D eigenvalue weighted by Gasteiger charge is 2.19. The van der Waals surface area contributed by atoms with Gasteiger partial charge >= 0.3 is 0 Å². The average molecular weight is 394 g/mol. The number of thiophene rings is 1. The van der Waals surface area contributed by atoms with Crippen LogP contribution in [0.2, 0.25) is 0 Å². The summed E-state index contributed by atoms with van der Waals surface area (Å²) >= 11 is 1.55. The van der Waals surface area contributed by atoms with Crippen LogP contribution in [0, 0.1) is 5.41 Å². The van der Waals surface area contributed by atoms with Crippen molar-refractivity contribution >= 4 is 28.1 Å². The van der Waals surface area contributed by atoms with Gasteiger partial charge in [0.05, 0.1) is 27.6 Å². The maximum atomic E-state index is 7.94. The summed E-state index contributed by atoms with van der Waals surface area (Å²) in [6, 6.07) is 15.5. The fraction of sp³-hybridized carbons (Fsp3) is 0.391. The predicted molar refractivity (Wildman–Crippen MR) is 117 cm³/mol. The molecule has 1 saturated heterocycles. The quantitative estimate of drug-likeness (QED) is 0.453. The van der Waals surface area contributed by atoms with E-state index in [-0.39, 0.29) is 5.90 Å². The molecule has 0 saturated carbocycles. The predicted octanol–water partition coefficient (Wildman–Crippen LogP) is 5.35. The summed E-state index contributed by atoms with van der Waals surface area (Å²) in [5.41, 5.74) is 3.35. The first-order valence-corrected chi connectivity index (χ1v) is 10.9. The minimum absolute atomic E-state index is 0.233. The van der Waals surface area contributed by atoms with Crippen LogP contribution in [0.5, 0.6) is 0 Å². The lowest BCUT2D eigenvalue weighted by molar-refractivity contribution is 0.272. The van der Waals surface area contributed by atoms with Gasteiger partial charge in [0.25, 0.3) is 0 Å². The molecule has 1 fully saturated rings. The molecule has 4 nitrogen and oxygen atoms in total. The van der Waals surface area contributed by atoms with Crippen LogP contribution in [0.15, 0.2) is 42.5 Å². The fourth-order valence-corrected chi connectivity index (χ4v) is 4.76. The molecule has 0 spiro atoms. The van der Waals surface area contributed by atoms with Crippen LogP contribution in [-0.2, 0) is 11.2 Å². The lowest BCUT2D eigenvalue weighted by atomic mass is 10.1. The topological polar surface area (TPSA) is 49.2 Å².